The molecular weight excluding hydrogens is 346 g/mol. The van der Waals surface area contributed by atoms with Crippen LogP contribution in [0, 0.1) is 0 Å². The predicted octanol–water partition coefficient (Wildman–Crippen LogP) is 6.10. The van der Waals surface area contributed by atoms with Crippen molar-refractivity contribution in [2.45, 2.75) is 32.7 Å². The highest BCUT2D eigenvalue weighted by Crippen LogP contribution is 2.25. The average molecular weight is 376 g/mol. The van der Waals surface area contributed by atoms with Gasteiger partial charge in [-0.2, -0.15) is 0 Å². The Labute approximate surface area is 168 Å². The first kappa shape index (κ1) is 19.8. The van der Waals surface area contributed by atoms with Gasteiger partial charge in [0.25, 0.3) is 0 Å². The van der Waals surface area contributed by atoms with E-state index in [9.17, 15) is 0 Å². The molecule has 28 heavy (non-hydrogen) atoms. The number of ether oxygens (including phenoxy) is 2. The molecule has 3 heteroatoms. The average Bonchev–Trinajstić information content (AvgIpc) is 2.76. The number of hydrogen-bond donors (Lipinski definition) is 1. The Morgan fingerprint density at radius 1 is 0.714 bits per heavy atom. The summed E-state index contributed by atoms with van der Waals surface area (Å²) in [6.45, 7) is 4.32. The lowest BCUT2D eigenvalue weighted by molar-refractivity contribution is 0.312. The summed E-state index contributed by atoms with van der Waals surface area (Å²) in [5.41, 5.74) is 3.58. The Kier molecular flexibility index (Phi) is 7.80. The molecule has 0 aromatic heterocycles. The summed E-state index contributed by atoms with van der Waals surface area (Å²) in [5, 5.41) is 3.48. The van der Waals surface area contributed by atoms with E-state index < -0.39 is 0 Å². The van der Waals surface area contributed by atoms with Crippen molar-refractivity contribution in [1.82, 2.24) is 0 Å². The van der Waals surface area contributed by atoms with Gasteiger partial charge in [-0.3, -0.25) is 0 Å². The summed E-state index contributed by atoms with van der Waals surface area (Å²) < 4.78 is 11.7. The summed E-state index contributed by atoms with van der Waals surface area (Å²) >= 11 is 0. The molecule has 0 saturated heterocycles. The molecule has 3 aromatic carbocycles. The van der Waals surface area contributed by atoms with Gasteiger partial charge in [-0.25, -0.2) is 0 Å². The van der Waals surface area contributed by atoms with E-state index in [0.717, 1.165) is 49.6 Å². The second-order valence-electron chi connectivity index (χ2n) is 6.78. The van der Waals surface area contributed by atoms with Crippen molar-refractivity contribution in [2.75, 3.05) is 18.5 Å². The number of nitrogens with one attached hydrogen (secondary N) is 1. The fraction of sp³-hybridized carbons (Fsp3) is 0.280. The third kappa shape index (κ3) is 6.34. The SMILES string of the molecule is CCCOc1ccc(CNc2ccccc2OCCCc2ccccc2)cc1. The molecule has 3 rings (SSSR count). The zero-order valence-electron chi connectivity index (χ0n) is 16.6. The molecule has 0 aliphatic heterocycles. The molecule has 0 heterocycles. The molecule has 0 saturated carbocycles. The lowest BCUT2D eigenvalue weighted by atomic mass is 10.1. The zero-order chi connectivity index (χ0) is 19.4. The molecule has 0 amide bonds. The Balaban J connectivity index is 1.48. The van der Waals surface area contributed by atoms with Crippen LogP contribution in [0.3, 0.4) is 0 Å². The van der Waals surface area contributed by atoms with Crippen LogP contribution in [0.1, 0.15) is 30.9 Å². The third-order valence-electron chi connectivity index (χ3n) is 4.48. The maximum atomic E-state index is 6.03. The summed E-state index contributed by atoms with van der Waals surface area (Å²) in [6, 6.07) is 26.9. The molecule has 0 unspecified atom stereocenters. The van der Waals surface area contributed by atoms with Crippen LogP contribution in [-0.4, -0.2) is 13.2 Å². The van der Waals surface area contributed by atoms with Gasteiger partial charge in [0.2, 0.25) is 0 Å². The Morgan fingerprint density at radius 2 is 1.46 bits per heavy atom. The topological polar surface area (TPSA) is 30.5 Å². The fourth-order valence-electron chi connectivity index (χ4n) is 2.96. The van der Waals surface area contributed by atoms with Gasteiger partial charge in [-0.1, -0.05) is 61.5 Å². The highest BCUT2D eigenvalue weighted by atomic mass is 16.5. The zero-order valence-corrected chi connectivity index (χ0v) is 16.6. The van der Waals surface area contributed by atoms with Gasteiger partial charge in [0.15, 0.2) is 0 Å². The van der Waals surface area contributed by atoms with E-state index in [4.69, 9.17) is 9.47 Å². The Hall–Kier alpha value is -2.94. The van der Waals surface area contributed by atoms with Gasteiger partial charge in [-0.05, 0) is 54.7 Å². The number of rotatable bonds is 11. The van der Waals surface area contributed by atoms with Gasteiger partial charge < -0.3 is 14.8 Å². The van der Waals surface area contributed by atoms with Gasteiger partial charge in [0.05, 0.1) is 18.9 Å². The fourth-order valence-corrected chi connectivity index (χ4v) is 2.96. The molecule has 0 radical (unpaired) electrons. The highest BCUT2D eigenvalue weighted by Gasteiger charge is 2.03. The van der Waals surface area contributed by atoms with E-state index in [1.165, 1.54) is 11.1 Å². The van der Waals surface area contributed by atoms with Crippen LogP contribution < -0.4 is 14.8 Å². The lowest BCUT2D eigenvalue weighted by Crippen LogP contribution is -2.04. The van der Waals surface area contributed by atoms with Crippen molar-refractivity contribution in [1.29, 1.82) is 0 Å². The molecule has 0 aliphatic carbocycles. The number of aryl methyl sites for hydroxylation is 1. The molecule has 3 aromatic rings. The van der Waals surface area contributed by atoms with Crippen molar-refractivity contribution in [3.05, 3.63) is 90.0 Å². The van der Waals surface area contributed by atoms with Crippen LogP contribution in [0.5, 0.6) is 11.5 Å². The molecule has 3 nitrogen and oxygen atoms in total. The van der Waals surface area contributed by atoms with Crippen LogP contribution >= 0.6 is 0 Å². The van der Waals surface area contributed by atoms with E-state index in [0.29, 0.717) is 6.61 Å². The van der Waals surface area contributed by atoms with E-state index in [2.05, 4.69) is 54.7 Å². The van der Waals surface area contributed by atoms with E-state index >= 15 is 0 Å². The van der Waals surface area contributed by atoms with Crippen LogP contribution in [0.25, 0.3) is 0 Å². The molecular formula is C25H29NO2. The molecule has 0 bridgehead atoms. The van der Waals surface area contributed by atoms with Gasteiger partial charge >= 0.3 is 0 Å². The normalized spacial score (nSPS) is 10.5. The summed E-state index contributed by atoms with van der Waals surface area (Å²) in [4.78, 5) is 0. The minimum Gasteiger partial charge on any atom is -0.494 e. The lowest BCUT2D eigenvalue weighted by Gasteiger charge is -2.14. The highest BCUT2D eigenvalue weighted by molar-refractivity contribution is 5.56. The van der Waals surface area contributed by atoms with Crippen molar-refractivity contribution in [2.24, 2.45) is 0 Å². The van der Waals surface area contributed by atoms with Crippen molar-refractivity contribution in [3.8, 4) is 11.5 Å². The maximum absolute atomic E-state index is 6.03. The van der Waals surface area contributed by atoms with Crippen molar-refractivity contribution < 1.29 is 9.47 Å². The van der Waals surface area contributed by atoms with Crippen molar-refractivity contribution in [3.63, 3.8) is 0 Å². The monoisotopic (exact) mass is 375 g/mol. The molecule has 1 N–H and O–H groups in total. The molecule has 0 fully saturated rings. The first-order valence-corrected chi connectivity index (χ1v) is 10.1. The summed E-state index contributed by atoms with van der Waals surface area (Å²) in [7, 11) is 0. The predicted molar refractivity (Wildman–Crippen MR) is 116 cm³/mol. The third-order valence-corrected chi connectivity index (χ3v) is 4.48. The quantitative estimate of drug-likeness (QED) is 0.411. The van der Waals surface area contributed by atoms with Crippen molar-refractivity contribution >= 4 is 5.69 Å². The Morgan fingerprint density at radius 3 is 2.25 bits per heavy atom. The van der Waals surface area contributed by atoms with Gasteiger partial charge in [0.1, 0.15) is 11.5 Å². The number of hydrogen-bond acceptors (Lipinski definition) is 3. The number of para-hydroxylation sites is 2. The van der Waals surface area contributed by atoms with Crippen LogP contribution in [-0.2, 0) is 13.0 Å². The number of anilines is 1. The first-order valence-electron chi connectivity index (χ1n) is 10.1. The Bertz CT molecular complexity index is 815. The molecule has 0 spiro atoms. The smallest absolute Gasteiger partial charge is 0.142 e. The summed E-state index contributed by atoms with van der Waals surface area (Å²) in [6.07, 6.45) is 3.05. The van der Waals surface area contributed by atoms with Gasteiger partial charge in [0, 0.05) is 6.54 Å². The second-order valence-corrected chi connectivity index (χ2v) is 6.78. The molecule has 0 aliphatic rings. The van der Waals surface area contributed by atoms with Crippen LogP contribution in [0.4, 0.5) is 5.69 Å². The maximum Gasteiger partial charge on any atom is 0.142 e. The molecule has 146 valence electrons. The second kappa shape index (κ2) is 11.0. The van der Waals surface area contributed by atoms with E-state index in [1.807, 2.05) is 36.4 Å². The molecule has 0 atom stereocenters. The first-order chi connectivity index (χ1) is 13.8. The largest absolute Gasteiger partial charge is 0.494 e. The minimum atomic E-state index is 0.705. The van der Waals surface area contributed by atoms with Crippen LogP contribution in [0.2, 0.25) is 0 Å². The van der Waals surface area contributed by atoms with E-state index in [1.54, 1.807) is 0 Å². The summed E-state index contributed by atoms with van der Waals surface area (Å²) in [5.74, 6) is 1.83. The van der Waals surface area contributed by atoms with Gasteiger partial charge in [-0.15, -0.1) is 0 Å². The van der Waals surface area contributed by atoms with E-state index in [-0.39, 0.29) is 0 Å². The standard InChI is InChI=1S/C25H29NO2/c1-2-18-27-23-16-14-22(15-17-23)20-26-24-12-6-7-13-25(24)28-19-8-11-21-9-4-3-5-10-21/h3-7,9-10,12-17,26H,2,8,11,18-20H2,1H3. The number of benzene rings is 3. The van der Waals surface area contributed by atoms with Crippen LogP contribution in [0.15, 0.2) is 78.9 Å². The minimum absolute atomic E-state index is 0.705.